The highest BCUT2D eigenvalue weighted by molar-refractivity contribution is 6.10. The number of benzene rings is 1. The van der Waals surface area contributed by atoms with E-state index >= 15 is 0 Å². The molecule has 3 aliphatic carbocycles. The number of amides is 2. The zero-order valence-electron chi connectivity index (χ0n) is 22.7. The van der Waals surface area contributed by atoms with Gasteiger partial charge in [0.25, 0.3) is 5.91 Å². The lowest BCUT2D eigenvalue weighted by atomic mass is 9.50. The van der Waals surface area contributed by atoms with Gasteiger partial charge in [0.05, 0.1) is 11.4 Å². The average Bonchev–Trinajstić information content (AvgIpc) is 3.22. The van der Waals surface area contributed by atoms with Crippen LogP contribution in [0.5, 0.6) is 0 Å². The maximum atomic E-state index is 13.7. The first kappa shape index (κ1) is 28.6. The Kier molecular flexibility index (Phi) is 8.09. The van der Waals surface area contributed by atoms with Crippen LogP contribution in [0.4, 0.5) is 17.6 Å². The molecule has 2 bridgehead atoms. The normalized spacial score (nSPS) is 21.4. The molecule has 0 radical (unpaired) electrons. The number of hydrogen-bond donors (Lipinski definition) is 2. The summed E-state index contributed by atoms with van der Waals surface area (Å²) in [6.45, 7) is 5.04. The third-order valence-electron chi connectivity index (χ3n) is 7.76. The van der Waals surface area contributed by atoms with Crippen molar-refractivity contribution in [1.29, 1.82) is 0 Å². The Balaban J connectivity index is 1.73. The smallest absolute Gasteiger partial charge is 0.389 e. The second-order valence-corrected chi connectivity index (χ2v) is 10.7. The first-order valence-electron chi connectivity index (χ1n) is 13.2. The second-order valence-electron chi connectivity index (χ2n) is 10.7. The third kappa shape index (κ3) is 6.28. The molecule has 2 N–H and O–H groups in total. The van der Waals surface area contributed by atoms with Crippen molar-refractivity contribution in [3.8, 4) is 0 Å². The van der Waals surface area contributed by atoms with Crippen LogP contribution in [-0.4, -0.2) is 30.6 Å². The van der Waals surface area contributed by atoms with E-state index in [0.717, 1.165) is 19.3 Å². The first-order valence-corrected chi connectivity index (χ1v) is 13.2. The van der Waals surface area contributed by atoms with Gasteiger partial charge in [-0.1, -0.05) is 19.1 Å². The zero-order chi connectivity index (χ0) is 28.5. The van der Waals surface area contributed by atoms with Gasteiger partial charge in [-0.3, -0.25) is 9.59 Å². The lowest BCUT2D eigenvalue weighted by molar-refractivity contribution is -0.134. The average molecular weight is 547 g/mol. The van der Waals surface area contributed by atoms with Crippen LogP contribution in [0.3, 0.4) is 0 Å². The Morgan fingerprint density at radius 1 is 1.13 bits per heavy atom. The Bertz CT molecular complexity index is 1360. The summed E-state index contributed by atoms with van der Waals surface area (Å²) in [6.07, 6.45) is 2.30. The van der Waals surface area contributed by atoms with Crippen LogP contribution in [0.1, 0.15) is 80.1 Å². The van der Waals surface area contributed by atoms with Gasteiger partial charge in [0, 0.05) is 30.0 Å². The molecule has 210 valence electrons. The minimum atomic E-state index is -4.35. The minimum absolute atomic E-state index is 0.0795. The molecule has 5 nitrogen and oxygen atoms in total. The number of rotatable bonds is 10. The summed E-state index contributed by atoms with van der Waals surface area (Å²) in [4.78, 5) is 25.6. The Morgan fingerprint density at radius 2 is 1.82 bits per heavy atom. The zero-order valence-corrected chi connectivity index (χ0v) is 22.7. The number of carbonyl (C=O) groups is 2. The van der Waals surface area contributed by atoms with E-state index in [9.17, 15) is 27.2 Å². The van der Waals surface area contributed by atoms with Crippen molar-refractivity contribution in [1.82, 2.24) is 10.6 Å². The Labute approximate surface area is 225 Å². The maximum Gasteiger partial charge on any atom is 0.389 e. The number of alkyl halides is 3. The fourth-order valence-corrected chi connectivity index (χ4v) is 5.29. The summed E-state index contributed by atoms with van der Waals surface area (Å²) in [5.74, 6) is -0.0185. The predicted octanol–water partition coefficient (Wildman–Crippen LogP) is 7.11. The van der Waals surface area contributed by atoms with Gasteiger partial charge < -0.3 is 15.1 Å². The molecule has 3 fully saturated rings. The standard InChI is InChI=1S/C30H34F4N2O3/c1-5-22(31)9-7-17(2)26-25(28(38)35-4)23-12-20(21(13-24(23)39-26)10-11-30(32,33)34)8-6-18(3)27(37)36-29-14-19(15-29)16-29/h6-7,9,12-13,19H,5,8,10-11,14-16H2,1-4H3,(H,35,38)(H,36,37)/b17-7+,18-6+,22-9+. The fourth-order valence-electron chi connectivity index (χ4n) is 5.29. The summed E-state index contributed by atoms with van der Waals surface area (Å²) < 4.78 is 59.1. The van der Waals surface area contributed by atoms with Gasteiger partial charge in [-0.05, 0) is 93.2 Å². The largest absolute Gasteiger partial charge is 0.456 e. The molecule has 2 amide bonds. The van der Waals surface area contributed by atoms with Gasteiger partial charge in [-0.25, -0.2) is 4.39 Å². The number of hydrogen-bond acceptors (Lipinski definition) is 3. The molecule has 3 aliphatic rings. The highest BCUT2D eigenvalue weighted by Crippen LogP contribution is 2.57. The Morgan fingerprint density at radius 3 is 2.38 bits per heavy atom. The summed E-state index contributed by atoms with van der Waals surface area (Å²) in [7, 11) is 1.47. The number of allylic oxidation sites excluding steroid dienone is 5. The van der Waals surface area contributed by atoms with Gasteiger partial charge in [0.2, 0.25) is 5.91 Å². The van der Waals surface area contributed by atoms with E-state index in [4.69, 9.17) is 4.42 Å². The molecule has 0 aliphatic heterocycles. The molecule has 0 spiro atoms. The van der Waals surface area contributed by atoms with Gasteiger partial charge in [-0.15, -0.1) is 0 Å². The fraction of sp³-hybridized carbons (Fsp3) is 0.467. The maximum absolute atomic E-state index is 13.7. The van der Waals surface area contributed by atoms with Crippen molar-refractivity contribution >= 4 is 28.4 Å². The van der Waals surface area contributed by atoms with E-state index in [1.54, 1.807) is 32.9 Å². The number of nitrogens with one attached hydrogen (secondary N) is 2. The third-order valence-corrected chi connectivity index (χ3v) is 7.76. The van der Waals surface area contributed by atoms with Crippen molar-refractivity contribution in [3.63, 3.8) is 0 Å². The SMILES string of the molecule is CC/C(F)=C\C=C(/C)c1oc2cc(CCC(F)(F)F)c(C/C=C(\C)C(=O)NC34CC(C3)C4)cc2c1C(=O)NC. The molecule has 1 aromatic heterocycles. The van der Waals surface area contributed by atoms with Crippen LogP contribution in [0.25, 0.3) is 16.5 Å². The summed E-state index contributed by atoms with van der Waals surface area (Å²) in [5.41, 5.74) is 2.38. The van der Waals surface area contributed by atoms with Gasteiger partial charge in [0.15, 0.2) is 0 Å². The minimum Gasteiger partial charge on any atom is -0.456 e. The van der Waals surface area contributed by atoms with E-state index < -0.39 is 18.5 Å². The topological polar surface area (TPSA) is 71.3 Å². The molecular formula is C30H34F4N2O3. The molecule has 1 heterocycles. The summed E-state index contributed by atoms with van der Waals surface area (Å²) in [5, 5.41) is 6.11. The lowest BCUT2D eigenvalue weighted by Gasteiger charge is -2.61. The van der Waals surface area contributed by atoms with E-state index in [0.29, 0.717) is 33.6 Å². The number of halogens is 4. The second kappa shape index (κ2) is 11.0. The first-order chi connectivity index (χ1) is 18.3. The molecular weight excluding hydrogens is 512 g/mol. The van der Waals surface area contributed by atoms with Gasteiger partial charge in [-0.2, -0.15) is 13.2 Å². The monoisotopic (exact) mass is 546 g/mol. The number of aryl methyl sites for hydroxylation is 1. The summed E-state index contributed by atoms with van der Waals surface area (Å²) >= 11 is 0. The number of fused-ring (bicyclic) bond motifs is 1. The van der Waals surface area contributed by atoms with Crippen molar-refractivity contribution in [2.24, 2.45) is 5.92 Å². The molecule has 3 saturated carbocycles. The molecule has 0 atom stereocenters. The number of carbonyl (C=O) groups excluding carboxylic acids is 2. The van der Waals surface area contributed by atoms with Crippen molar-refractivity contribution < 1.29 is 31.6 Å². The van der Waals surface area contributed by atoms with E-state index in [1.165, 1.54) is 25.3 Å². The van der Waals surface area contributed by atoms with E-state index in [-0.39, 0.29) is 53.4 Å². The summed E-state index contributed by atoms with van der Waals surface area (Å²) in [6, 6.07) is 3.20. The quantitative estimate of drug-likeness (QED) is 0.190. The van der Waals surface area contributed by atoms with E-state index in [1.807, 2.05) is 0 Å². The van der Waals surface area contributed by atoms with Crippen LogP contribution in [-0.2, 0) is 17.6 Å². The predicted molar refractivity (Wildman–Crippen MR) is 143 cm³/mol. The molecule has 1 aromatic carbocycles. The highest BCUT2D eigenvalue weighted by Gasteiger charge is 2.57. The molecule has 5 rings (SSSR count). The van der Waals surface area contributed by atoms with Crippen molar-refractivity contribution in [3.05, 3.63) is 64.2 Å². The van der Waals surface area contributed by atoms with Crippen LogP contribution >= 0.6 is 0 Å². The van der Waals surface area contributed by atoms with Crippen LogP contribution in [0, 0.1) is 5.92 Å². The molecule has 0 unspecified atom stereocenters. The molecule has 39 heavy (non-hydrogen) atoms. The van der Waals surface area contributed by atoms with Crippen molar-refractivity contribution in [2.45, 2.75) is 77.4 Å². The van der Waals surface area contributed by atoms with E-state index in [2.05, 4.69) is 10.6 Å². The molecule has 2 aromatic rings. The molecule has 9 heteroatoms. The van der Waals surface area contributed by atoms with Gasteiger partial charge >= 0.3 is 6.18 Å². The van der Waals surface area contributed by atoms with Crippen LogP contribution < -0.4 is 10.6 Å². The van der Waals surface area contributed by atoms with Gasteiger partial charge in [0.1, 0.15) is 11.3 Å². The molecule has 0 saturated heterocycles. The number of furan rings is 1. The highest BCUT2D eigenvalue weighted by atomic mass is 19.4. The van der Waals surface area contributed by atoms with Crippen LogP contribution in [0.15, 0.2) is 46.2 Å². The van der Waals surface area contributed by atoms with Crippen molar-refractivity contribution in [2.75, 3.05) is 7.05 Å². The lowest BCUT2D eigenvalue weighted by Crippen LogP contribution is -2.68. The Hall–Kier alpha value is -3.36. The van der Waals surface area contributed by atoms with Crippen LogP contribution in [0.2, 0.25) is 0 Å².